The first-order valence-electron chi connectivity index (χ1n) is 7.98. The van der Waals surface area contributed by atoms with Gasteiger partial charge < -0.3 is 10.6 Å². The number of benzene rings is 1. The van der Waals surface area contributed by atoms with Crippen LogP contribution < -0.4 is 10.5 Å². The van der Waals surface area contributed by atoms with Crippen molar-refractivity contribution in [3.05, 3.63) is 34.4 Å². The number of nitrogens with two attached hydrogens (primary N) is 1. The number of nitrogens with one attached hydrogen (secondary N) is 1. The summed E-state index contributed by atoms with van der Waals surface area (Å²) in [7, 11) is -3.91. The van der Waals surface area contributed by atoms with Gasteiger partial charge in [-0.2, -0.15) is 0 Å². The first-order chi connectivity index (χ1) is 11.7. The van der Waals surface area contributed by atoms with Gasteiger partial charge in [-0.25, -0.2) is 13.1 Å². The molecule has 2 atom stereocenters. The van der Waals surface area contributed by atoms with Gasteiger partial charge >= 0.3 is 0 Å². The van der Waals surface area contributed by atoms with E-state index in [1.165, 1.54) is 18.2 Å². The number of sulfonamides is 1. The largest absolute Gasteiger partial charge is 0.340 e. The van der Waals surface area contributed by atoms with Gasteiger partial charge in [-0.15, -0.1) is 12.4 Å². The van der Waals surface area contributed by atoms with E-state index in [-0.39, 0.29) is 53.8 Å². The van der Waals surface area contributed by atoms with E-state index < -0.39 is 14.9 Å². The molecule has 1 amide bonds. The topological polar surface area (TPSA) is 136 Å². The van der Waals surface area contributed by atoms with E-state index in [2.05, 4.69) is 4.72 Å². The molecule has 0 saturated carbocycles. The molecule has 26 heavy (non-hydrogen) atoms. The highest BCUT2D eigenvalue weighted by Crippen LogP contribution is 2.22. The standard InChI is InChI=1S/C15H22N4O5S.ClH/c1-11-7-12(9-16)10-18(11)15(20)5-6-17-25(23,24)14-4-2-3-13(8-14)19(21)22;/h2-4,8,11-12,17H,5-7,9-10,16H2,1H3;1H. The molecule has 2 unspecified atom stereocenters. The summed E-state index contributed by atoms with van der Waals surface area (Å²) in [6, 6.07) is 4.86. The van der Waals surface area contributed by atoms with Crippen molar-refractivity contribution in [2.24, 2.45) is 11.7 Å². The normalized spacial score (nSPS) is 19.8. The number of likely N-dealkylation sites (tertiary alicyclic amines) is 1. The molecule has 0 aliphatic carbocycles. The zero-order valence-corrected chi connectivity index (χ0v) is 16.0. The summed E-state index contributed by atoms with van der Waals surface area (Å²) in [6.45, 7) is 2.99. The number of nitro benzene ring substituents is 1. The number of carbonyl (C=O) groups excluding carboxylic acids is 1. The lowest BCUT2D eigenvalue weighted by atomic mass is 10.1. The van der Waals surface area contributed by atoms with Gasteiger partial charge in [0, 0.05) is 37.7 Å². The molecule has 3 N–H and O–H groups in total. The Balaban J connectivity index is 0.00000338. The highest BCUT2D eigenvalue weighted by atomic mass is 35.5. The van der Waals surface area contributed by atoms with Crippen LogP contribution in [0.15, 0.2) is 29.2 Å². The number of rotatable bonds is 7. The Morgan fingerprint density at radius 1 is 1.46 bits per heavy atom. The first kappa shape index (κ1) is 22.3. The molecule has 1 aliphatic heterocycles. The van der Waals surface area contributed by atoms with Gasteiger partial charge in [0.1, 0.15) is 0 Å². The smallest absolute Gasteiger partial charge is 0.270 e. The van der Waals surface area contributed by atoms with Crippen LogP contribution in [0.1, 0.15) is 19.8 Å². The number of nitro groups is 1. The molecule has 0 aromatic heterocycles. The molecule has 0 radical (unpaired) electrons. The summed E-state index contributed by atoms with van der Waals surface area (Å²) in [6.07, 6.45) is 0.872. The fourth-order valence-corrected chi connectivity index (χ4v) is 4.02. The van der Waals surface area contributed by atoms with Crippen molar-refractivity contribution < 1.29 is 18.1 Å². The predicted molar refractivity (Wildman–Crippen MR) is 98.5 cm³/mol. The summed E-state index contributed by atoms with van der Waals surface area (Å²) in [5, 5.41) is 10.7. The molecule has 1 aromatic carbocycles. The SMILES string of the molecule is CC1CC(CN)CN1C(=O)CCNS(=O)(=O)c1cccc([N+](=O)[O-])c1.Cl. The minimum Gasteiger partial charge on any atom is -0.340 e. The molecule has 1 saturated heterocycles. The summed E-state index contributed by atoms with van der Waals surface area (Å²) in [4.78, 5) is 23.8. The molecular formula is C15H23ClN4O5S. The third-order valence-electron chi connectivity index (χ3n) is 4.28. The number of non-ortho nitro benzene ring substituents is 1. The molecular weight excluding hydrogens is 384 g/mol. The molecule has 1 heterocycles. The predicted octanol–water partition coefficient (Wildman–Crippen LogP) is 0.881. The van der Waals surface area contributed by atoms with E-state index in [0.717, 1.165) is 12.5 Å². The summed E-state index contributed by atoms with van der Waals surface area (Å²) < 4.78 is 26.7. The highest BCUT2D eigenvalue weighted by molar-refractivity contribution is 7.89. The van der Waals surface area contributed by atoms with E-state index in [1.807, 2.05) is 6.92 Å². The van der Waals surface area contributed by atoms with Crippen molar-refractivity contribution in [3.8, 4) is 0 Å². The van der Waals surface area contributed by atoms with Gasteiger partial charge in [0.15, 0.2) is 0 Å². The Kier molecular flexibility index (Phi) is 7.94. The molecule has 1 fully saturated rings. The van der Waals surface area contributed by atoms with E-state index in [1.54, 1.807) is 4.90 Å². The van der Waals surface area contributed by atoms with Gasteiger partial charge in [-0.05, 0) is 31.9 Å². The second-order valence-corrected chi connectivity index (χ2v) is 7.90. The maximum atomic E-state index is 12.2. The van der Waals surface area contributed by atoms with Crippen LogP contribution >= 0.6 is 12.4 Å². The lowest BCUT2D eigenvalue weighted by Gasteiger charge is -2.21. The van der Waals surface area contributed by atoms with E-state index >= 15 is 0 Å². The second kappa shape index (κ2) is 9.26. The van der Waals surface area contributed by atoms with Crippen molar-refractivity contribution in [2.45, 2.75) is 30.7 Å². The molecule has 146 valence electrons. The second-order valence-electron chi connectivity index (χ2n) is 6.13. The lowest BCUT2D eigenvalue weighted by molar-refractivity contribution is -0.385. The number of amides is 1. The number of halogens is 1. The Bertz CT molecular complexity index is 758. The van der Waals surface area contributed by atoms with E-state index in [0.29, 0.717) is 13.1 Å². The van der Waals surface area contributed by atoms with Crippen molar-refractivity contribution in [3.63, 3.8) is 0 Å². The number of hydrogen-bond acceptors (Lipinski definition) is 6. The van der Waals surface area contributed by atoms with Gasteiger partial charge in [-0.1, -0.05) is 6.07 Å². The molecule has 2 rings (SSSR count). The van der Waals surface area contributed by atoms with Crippen LogP contribution in [0.25, 0.3) is 0 Å². The maximum absolute atomic E-state index is 12.2. The quantitative estimate of drug-likeness (QED) is 0.509. The number of carbonyl (C=O) groups is 1. The van der Waals surface area contributed by atoms with Crippen molar-refractivity contribution in [1.82, 2.24) is 9.62 Å². The average molecular weight is 407 g/mol. The summed E-state index contributed by atoms with van der Waals surface area (Å²) >= 11 is 0. The zero-order chi connectivity index (χ0) is 18.6. The number of nitrogens with zero attached hydrogens (tertiary/aromatic N) is 2. The summed E-state index contributed by atoms with van der Waals surface area (Å²) in [5.41, 5.74) is 5.33. The molecule has 11 heteroatoms. The minimum atomic E-state index is -3.91. The van der Waals surface area contributed by atoms with Crippen LogP contribution in [0.5, 0.6) is 0 Å². The maximum Gasteiger partial charge on any atom is 0.270 e. The molecule has 0 bridgehead atoms. The van der Waals surface area contributed by atoms with Crippen molar-refractivity contribution in [1.29, 1.82) is 0 Å². The van der Waals surface area contributed by atoms with Gasteiger partial charge in [0.25, 0.3) is 5.69 Å². The Morgan fingerprint density at radius 3 is 2.73 bits per heavy atom. The Hall–Kier alpha value is -1.75. The fourth-order valence-electron chi connectivity index (χ4n) is 2.94. The highest BCUT2D eigenvalue weighted by Gasteiger charge is 2.31. The van der Waals surface area contributed by atoms with Crippen LogP contribution in [0.4, 0.5) is 5.69 Å². The molecule has 9 nitrogen and oxygen atoms in total. The third kappa shape index (κ3) is 5.37. The van der Waals surface area contributed by atoms with Gasteiger partial charge in [0.2, 0.25) is 15.9 Å². The number of hydrogen-bond donors (Lipinski definition) is 2. The van der Waals surface area contributed by atoms with Crippen LogP contribution in [0, 0.1) is 16.0 Å². The average Bonchev–Trinajstić information content (AvgIpc) is 2.96. The Labute approximate surface area is 158 Å². The monoisotopic (exact) mass is 406 g/mol. The third-order valence-corrected chi connectivity index (χ3v) is 5.74. The summed E-state index contributed by atoms with van der Waals surface area (Å²) in [5.74, 6) is 0.144. The van der Waals surface area contributed by atoms with E-state index in [9.17, 15) is 23.3 Å². The molecule has 1 aliphatic rings. The lowest BCUT2D eigenvalue weighted by Crippen LogP contribution is -2.37. The van der Waals surface area contributed by atoms with Crippen LogP contribution in [0.3, 0.4) is 0 Å². The fraction of sp³-hybridized carbons (Fsp3) is 0.533. The van der Waals surface area contributed by atoms with Gasteiger partial charge in [-0.3, -0.25) is 14.9 Å². The van der Waals surface area contributed by atoms with Crippen molar-refractivity contribution >= 4 is 34.0 Å². The Morgan fingerprint density at radius 2 is 2.15 bits per heavy atom. The van der Waals surface area contributed by atoms with Crippen LogP contribution in [-0.4, -0.2) is 49.8 Å². The molecule has 1 aromatic rings. The first-order valence-corrected chi connectivity index (χ1v) is 9.46. The molecule has 0 spiro atoms. The van der Waals surface area contributed by atoms with Crippen LogP contribution in [-0.2, 0) is 14.8 Å². The van der Waals surface area contributed by atoms with E-state index in [4.69, 9.17) is 5.73 Å². The van der Waals surface area contributed by atoms with Crippen LogP contribution in [0.2, 0.25) is 0 Å². The zero-order valence-electron chi connectivity index (χ0n) is 14.3. The van der Waals surface area contributed by atoms with Crippen molar-refractivity contribution in [2.75, 3.05) is 19.6 Å². The van der Waals surface area contributed by atoms with Gasteiger partial charge in [0.05, 0.1) is 9.82 Å². The minimum absolute atomic E-state index is 0.